The number of aliphatic hydroxyl groups is 1. The van der Waals surface area contributed by atoms with E-state index < -0.39 is 5.82 Å². The molecule has 0 fully saturated rings. The molecule has 0 radical (unpaired) electrons. The lowest BCUT2D eigenvalue weighted by molar-refractivity contribution is 0.101. The predicted molar refractivity (Wildman–Crippen MR) is 70.6 cm³/mol. The summed E-state index contributed by atoms with van der Waals surface area (Å²) in [7, 11) is 1.89. The monoisotopic (exact) mass is 253 g/mol. The first-order chi connectivity index (χ1) is 8.56. The zero-order valence-corrected chi connectivity index (χ0v) is 10.9. The van der Waals surface area contributed by atoms with E-state index in [-0.39, 0.29) is 12.4 Å². The molecular weight excluding hydrogens is 233 g/mol. The van der Waals surface area contributed by atoms with E-state index in [0.29, 0.717) is 5.56 Å². The van der Waals surface area contributed by atoms with Gasteiger partial charge in [-0.15, -0.1) is 0 Å². The zero-order valence-electron chi connectivity index (χ0n) is 10.9. The number of aliphatic hydroxyl groups excluding tert-OH is 1. The topological polar surface area (TPSA) is 40.5 Å². The largest absolute Gasteiger partial charge is 0.396 e. The molecule has 100 valence electrons. The summed E-state index contributed by atoms with van der Waals surface area (Å²) in [4.78, 5) is 13.4. The van der Waals surface area contributed by atoms with Gasteiger partial charge < -0.3 is 10.0 Å². The number of rotatable bonds is 7. The van der Waals surface area contributed by atoms with Crippen LogP contribution in [0.2, 0.25) is 0 Å². The van der Waals surface area contributed by atoms with Crippen molar-refractivity contribution in [2.75, 3.05) is 25.1 Å². The molecule has 4 heteroatoms. The molecule has 0 heterocycles. The summed E-state index contributed by atoms with van der Waals surface area (Å²) in [5.74, 6) is -0.524. The molecule has 1 rings (SSSR count). The average molecular weight is 253 g/mol. The van der Waals surface area contributed by atoms with Crippen molar-refractivity contribution in [2.24, 2.45) is 0 Å². The van der Waals surface area contributed by atoms with E-state index in [1.54, 1.807) is 6.07 Å². The Morgan fingerprint density at radius 1 is 1.33 bits per heavy atom. The van der Waals surface area contributed by atoms with Crippen molar-refractivity contribution in [3.05, 3.63) is 29.6 Å². The molecule has 1 N–H and O–H groups in total. The Morgan fingerprint density at radius 3 is 2.67 bits per heavy atom. The first-order valence-corrected chi connectivity index (χ1v) is 6.18. The fourth-order valence-corrected chi connectivity index (χ4v) is 1.88. The Kier molecular flexibility index (Phi) is 5.78. The highest BCUT2D eigenvalue weighted by Crippen LogP contribution is 2.21. The highest BCUT2D eigenvalue weighted by Gasteiger charge is 2.11. The fourth-order valence-electron chi connectivity index (χ4n) is 1.88. The maximum atomic E-state index is 13.1. The number of halogens is 1. The van der Waals surface area contributed by atoms with E-state index in [2.05, 4.69) is 0 Å². The molecule has 3 nitrogen and oxygen atoms in total. The number of nitrogens with zero attached hydrogens (tertiary/aromatic N) is 1. The van der Waals surface area contributed by atoms with Crippen LogP contribution >= 0.6 is 0 Å². The van der Waals surface area contributed by atoms with E-state index in [9.17, 15) is 9.18 Å². The smallest absolute Gasteiger partial charge is 0.161 e. The van der Waals surface area contributed by atoms with Gasteiger partial charge in [-0.05, 0) is 44.4 Å². The second-order valence-electron chi connectivity index (χ2n) is 4.42. The van der Waals surface area contributed by atoms with Crippen LogP contribution in [0.3, 0.4) is 0 Å². The number of ketones is 1. The third-order valence-corrected chi connectivity index (χ3v) is 2.90. The number of carbonyl (C=O) groups is 1. The highest BCUT2D eigenvalue weighted by molar-refractivity contribution is 5.99. The lowest BCUT2D eigenvalue weighted by Crippen LogP contribution is -2.21. The van der Waals surface area contributed by atoms with E-state index in [4.69, 9.17) is 5.11 Å². The van der Waals surface area contributed by atoms with Crippen molar-refractivity contribution < 1.29 is 14.3 Å². The van der Waals surface area contributed by atoms with Gasteiger partial charge in [0.15, 0.2) is 5.78 Å². The Bertz CT molecular complexity index is 407. The molecule has 1 aromatic rings. The van der Waals surface area contributed by atoms with Crippen LogP contribution in [0.5, 0.6) is 0 Å². The van der Waals surface area contributed by atoms with Gasteiger partial charge in [-0.25, -0.2) is 4.39 Å². The molecule has 0 bridgehead atoms. The number of hydrogen-bond donors (Lipinski definition) is 1. The van der Waals surface area contributed by atoms with Crippen LogP contribution in [0.1, 0.15) is 36.5 Å². The van der Waals surface area contributed by atoms with Gasteiger partial charge in [0.05, 0.1) is 0 Å². The van der Waals surface area contributed by atoms with E-state index >= 15 is 0 Å². The zero-order chi connectivity index (χ0) is 13.5. The summed E-state index contributed by atoms with van der Waals surface area (Å²) in [5, 5.41) is 8.70. The lowest BCUT2D eigenvalue weighted by atomic mass is 10.1. The van der Waals surface area contributed by atoms with E-state index in [1.807, 2.05) is 11.9 Å². The number of hydrogen-bond acceptors (Lipinski definition) is 3. The van der Waals surface area contributed by atoms with E-state index in [0.717, 1.165) is 31.5 Å². The quantitative estimate of drug-likeness (QED) is 0.600. The molecule has 0 saturated carbocycles. The minimum atomic E-state index is -0.391. The van der Waals surface area contributed by atoms with Crippen molar-refractivity contribution in [3.63, 3.8) is 0 Å². The first-order valence-electron chi connectivity index (χ1n) is 6.18. The summed E-state index contributed by atoms with van der Waals surface area (Å²) in [5.41, 5.74) is 1.17. The first kappa shape index (κ1) is 14.6. The lowest BCUT2D eigenvalue weighted by Gasteiger charge is -2.21. The maximum Gasteiger partial charge on any atom is 0.161 e. The number of anilines is 1. The van der Waals surface area contributed by atoms with Gasteiger partial charge in [-0.3, -0.25) is 4.79 Å². The van der Waals surface area contributed by atoms with Crippen LogP contribution < -0.4 is 4.90 Å². The van der Waals surface area contributed by atoms with Gasteiger partial charge in [0.1, 0.15) is 5.82 Å². The van der Waals surface area contributed by atoms with Gasteiger partial charge in [0.2, 0.25) is 0 Å². The van der Waals surface area contributed by atoms with Gasteiger partial charge in [0, 0.05) is 31.5 Å². The van der Waals surface area contributed by atoms with Crippen molar-refractivity contribution in [3.8, 4) is 0 Å². The minimum Gasteiger partial charge on any atom is -0.396 e. The fraction of sp³-hybridized carbons (Fsp3) is 0.500. The molecule has 0 unspecified atom stereocenters. The number of carbonyl (C=O) groups excluding carboxylic acids is 1. The second-order valence-corrected chi connectivity index (χ2v) is 4.42. The molecule has 0 saturated heterocycles. The standard InChI is InChI=1S/C14H20FNO2/c1-11(18)13-10-12(15)6-7-14(13)16(2)8-4-3-5-9-17/h6-7,10,17H,3-5,8-9H2,1-2H3. The molecule has 0 aliphatic carbocycles. The van der Waals surface area contributed by atoms with Gasteiger partial charge >= 0.3 is 0 Å². The van der Waals surface area contributed by atoms with Gasteiger partial charge in [-0.1, -0.05) is 0 Å². The predicted octanol–water partition coefficient (Wildman–Crippen LogP) is 2.63. The second kappa shape index (κ2) is 7.11. The third kappa shape index (κ3) is 4.11. The maximum absolute atomic E-state index is 13.1. The Labute approximate surface area is 107 Å². The molecule has 0 amide bonds. The Balaban J connectivity index is 2.72. The van der Waals surface area contributed by atoms with Crippen LogP contribution in [0.15, 0.2) is 18.2 Å². The molecule has 0 aliphatic heterocycles. The summed E-state index contributed by atoms with van der Waals surface area (Å²) in [6, 6.07) is 4.28. The van der Waals surface area contributed by atoms with Crippen molar-refractivity contribution in [1.82, 2.24) is 0 Å². The average Bonchev–Trinajstić information content (AvgIpc) is 2.34. The van der Waals surface area contributed by atoms with Crippen LogP contribution in [0.4, 0.5) is 10.1 Å². The van der Waals surface area contributed by atoms with Crippen molar-refractivity contribution in [2.45, 2.75) is 26.2 Å². The normalized spacial score (nSPS) is 10.4. The summed E-state index contributed by atoms with van der Waals surface area (Å²) in [6.45, 7) is 2.43. The molecule has 0 aromatic heterocycles. The highest BCUT2D eigenvalue weighted by atomic mass is 19.1. The summed E-state index contributed by atoms with van der Waals surface area (Å²) >= 11 is 0. The Hall–Kier alpha value is -1.42. The molecule has 0 spiro atoms. The van der Waals surface area contributed by atoms with Crippen molar-refractivity contribution in [1.29, 1.82) is 0 Å². The Morgan fingerprint density at radius 2 is 2.06 bits per heavy atom. The number of benzene rings is 1. The molecule has 0 aliphatic rings. The van der Waals surface area contributed by atoms with Crippen LogP contribution in [0.25, 0.3) is 0 Å². The van der Waals surface area contributed by atoms with Gasteiger partial charge in [-0.2, -0.15) is 0 Å². The third-order valence-electron chi connectivity index (χ3n) is 2.90. The summed E-state index contributed by atoms with van der Waals surface area (Å²) in [6.07, 6.45) is 2.67. The number of unbranched alkanes of at least 4 members (excludes halogenated alkanes) is 2. The van der Waals surface area contributed by atoms with Crippen molar-refractivity contribution >= 4 is 11.5 Å². The van der Waals surface area contributed by atoms with E-state index in [1.165, 1.54) is 19.1 Å². The minimum absolute atomic E-state index is 0.133. The molecule has 0 atom stereocenters. The van der Waals surface area contributed by atoms with Crippen LogP contribution in [-0.2, 0) is 0 Å². The molecular formula is C14H20FNO2. The molecule has 1 aromatic carbocycles. The van der Waals surface area contributed by atoms with Crippen LogP contribution in [-0.4, -0.2) is 31.1 Å². The number of Topliss-reactive ketones (excluding diaryl/α,β-unsaturated/α-hetero) is 1. The summed E-state index contributed by atoms with van der Waals surface area (Å²) < 4.78 is 13.1. The molecule has 18 heavy (non-hydrogen) atoms. The van der Waals surface area contributed by atoms with Gasteiger partial charge in [0.25, 0.3) is 0 Å². The SMILES string of the molecule is CC(=O)c1cc(F)ccc1N(C)CCCCCO. The van der Waals surface area contributed by atoms with Crippen LogP contribution in [0, 0.1) is 5.82 Å².